The minimum absolute atomic E-state index is 0.0450. The molecule has 3 rings (SSSR count). The van der Waals surface area contributed by atoms with Crippen molar-refractivity contribution in [1.29, 1.82) is 0 Å². The molecular weight excluding hydrogens is 340 g/mol. The summed E-state index contributed by atoms with van der Waals surface area (Å²) < 4.78 is 5.41. The third kappa shape index (κ3) is 5.27. The highest BCUT2D eigenvalue weighted by Crippen LogP contribution is 2.44. The molecule has 1 aromatic rings. The number of nitrogens with one attached hydrogen (secondary N) is 3. The summed E-state index contributed by atoms with van der Waals surface area (Å²) in [7, 11) is 0. The molecule has 1 amide bonds. The van der Waals surface area contributed by atoms with Crippen molar-refractivity contribution < 1.29 is 9.21 Å². The number of nitrogens with zero attached hydrogens (tertiary/aromatic N) is 1. The molecule has 150 valence electrons. The van der Waals surface area contributed by atoms with E-state index in [0.717, 1.165) is 36.5 Å². The molecular formula is C21H34N4O2. The van der Waals surface area contributed by atoms with E-state index < -0.39 is 5.41 Å². The van der Waals surface area contributed by atoms with Crippen LogP contribution in [0.15, 0.2) is 27.8 Å². The Morgan fingerprint density at radius 2 is 2.15 bits per heavy atom. The maximum atomic E-state index is 12.3. The molecule has 27 heavy (non-hydrogen) atoms. The average molecular weight is 375 g/mol. The van der Waals surface area contributed by atoms with E-state index in [0.29, 0.717) is 19.1 Å². The van der Waals surface area contributed by atoms with E-state index >= 15 is 0 Å². The summed E-state index contributed by atoms with van der Waals surface area (Å²) in [6.07, 6.45) is 7.81. The standard InChI is InChI=1S/C21H34N4O2/c1-4-22-19(26)21(2,3)14-24-20(23-10-9-17-6-5-11-27-17)25-18-13-15-7-8-16(18)12-15/h5-6,11,15-16,18H,4,7-10,12-14H2,1-3H3,(H,22,26)(H2,23,24,25). The number of hydrogen-bond acceptors (Lipinski definition) is 3. The molecule has 6 heteroatoms. The van der Waals surface area contributed by atoms with Gasteiger partial charge in [-0.05, 0) is 64.0 Å². The number of guanidine groups is 1. The summed E-state index contributed by atoms with van der Waals surface area (Å²) in [6.45, 7) is 7.68. The summed E-state index contributed by atoms with van der Waals surface area (Å²) in [6, 6.07) is 4.40. The lowest BCUT2D eigenvalue weighted by atomic mass is 9.92. The van der Waals surface area contributed by atoms with Gasteiger partial charge in [0.05, 0.1) is 18.2 Å². The molecule has 2 aliphatic rings. The lowest BCUT2D eigenvalue weighted by Gasteiger charge is -2.26. The second-order valence-corrected chi connectivity index (χ2v) is 8.59. The fourth-order valence-electron chi connectivity index (χ4n) is 4.26. The Bertz CT molecular complexity index is 639. The zero-order valence-corrected chi connectivity index (χ0v) is 16.9. The molecule has 0 saturated heterocycles. The molecule has 6 nitrogen and oxygen atoms in total. The smallest absolute Gasteiger partial charge is 0.227 e. The van der Waals surface area contributed by atoms with E-state index in [4.69, 9.17) is 9.41 Å². The molecule has 0 spiro atoms. The van der Waals surface area contributed by atoms with Gasteiger partial charge in [-0.15, -0.1) is 0 Å². The molecule has 0 aliphatic heterocycles. The van der Waals surface area contributed by atoms with Crippen LogP contribution in [0.2, 0.25) is 0 Å². The zero-order chi connectivity index (χ0) is 19.3. The highest BCUT2D eigenvalue weighted by atomic mass is 16.3. The summed E-state index contributed by atoms with van der Waals surface area (Å²) in [5.74, 6) is 3.47. The van der Waals surface area contributed by atoms with Gasteiger partial charge >= 0.3 is 0 Å². The van der Waals surface area contributed by atoms with Gasteiger partial charge in [-0.2, -0.15) is 0 Å². The van der Waals surface area contributed by atoms with Crippen LogP contribution in [0.3, 0.4) is 0 Å². The Kier molecular flexibility index (Phi) is 6.45. The molecule has 3 N–H and O–H groups in total. The van der Waals surface area contributed by atoms with Gasteiger partial charge in [-0.1, -0.05) is 6.42 Å². The van der Waals surface area contributed by atoms with Crippen LogP contribution in [0, 0.1) is 17.3 Å². The number of fused-ring (bicyclic) bond motifs is 2. The molecule has 2 saturated carbocycles. The zero-order valence-electron chi connectivity index (χ0n) is 16.9. The maximum absolute atomic E-state index is 12.3. The fraction of sp³-hybridized carbons (Fsp3) is 0.714. The van der Waals surface area contributed by atoms with E-state index in [-0.39, 0.29) is 5.91 Å². The topological polar surface area (TPSA) is 78.7 Å². The molecule has 0 radical (unpaired) electrons. The Morgan fingerprint density at radius 3 is 2.78 bits per heavy atom. The fourth-order valence-corrected chi connectivity index (χ4v) is 4.26. The molecule has 1 aromatic heterocycles. The SMILES string of the molecule is CCNC(=O)C(C)(C)CN=C(NCCc1ccco1)NC1CC2CCC1C2. The van der Waals surface area contributed by atoms with Gasteiger partial charge in [0.2, 0.25) is 5.91 Å². The monoisotopic (exact) mass is 374 g/mol. The van der Waals surface area contributed by atoms with Gasteiger partial charge in [0.25, 0.3) is 0 Å². The Morgan fingerprint density at radius 1 is 1.30 bits per heavy atom. The first-order valence-electron chi connectivity index (χ1n) is 10.3. The largest absolute Gasteiger partial charge is 0.469 e. The first kappa shape index (κ1) is 19.8. The number of rotatable bonds is 8. The first-order chi connectivity index (χ1) is 13.0. The van der Waals surface area contributed by atoms with Crippen LogP contribution in [-0.2, 0) is 11.2 Å². The van der Waals surface area contributed by atoms with Crippen LogP contribution in [-0.4, -0.2) is 37.5 Å². The van der Waals surface area contributed by atoms with Crippen molar-refractivity contribution >= 4 is 11.9 Å². The Labute approximate surface area is 162 Å². The third-order valence-electron chi connectivity index (χ3n) is 5.89. The van der Waals surface area contributed by atoms with E-state index in [1.54, 1.807) is 6.26 Å². The first-order valence-corrected chi connectivity index (χ1v) is 10.3. The van der Waals surface area contributed by atoms with Gasteiger partial charge in [-0.25, -0.2) is 0 Å². The number of carbonyl (C=O) groups is 1. The van der Waals surface area contributed by atoms with E-state index in [2.05, 4.69) is 16.0 Å². The van der Waals surface area contributed by atoms with Crippen molar-refractivity contribution in [3.8, 4) is 0 Å². The Hall–Kier alpha value is -1.98. The quantitative estimate of drug-likeness (QED) is 0.483. The van der Waals surface area contributed by atoms with Crippen LogP contribution in [0.5, 0.6) is 0 Å². The van der Waals surface area contributed by atoms with Crippen molar-refractivity contribution in [3.05, 3.63) is 24.2 Å². The van der Waals surface area contributed by atoms with E-state index in [1.165, 1.54) is 25.7 Å². The van der Waals surface area contributed by atoms with Gasteiger partial charge < -0.3 is 20.4 Å². The highest BCUT2D eigenvalue weighted by Gasteiger charge is 2.40. The highest BCUT2D eigenvalue weighted by molar-refractivity contribution is 5.83. The average Bonchev–Trinajstić information content (AvgIpc) is 3.38. The Balaban J connectivity index is 1.59. The number of carbonyl (C=O) groups excluding carboxylic acids is 1. The van der Waals surface area contributed by atoms with Gasteiger partial charge in [0, 0.05) is 25.6 Å². The van der Waals surface area contributed by atoms with E-state index in [1.807, 2.05) is 32.9 Å². The maximum Gasteiger partial charge on any atom is 0.227 e. The summed E-state index contributed by atoms with van der Waals surface area (Å²) in [5, 5.41) is 9.99. The number of furan rings is 1. The number of aliphatic imine (C=N–C) groups is 1. The second kappa shape index (κ2) is 8.81. The molecule has 2 aliphatic carbocycles. The molecule has 0 aromatic carbocycles. The van der Waals surface area contributed by atoms with Crippen molar-refractivity contribution in [2.75, 3.05) is 19.6 Å². The summed E-state index contributed by atoms with van der Waals surface area (Å²) in [5.41, 5.74) is -0.527. The summed E-state index contributed by atoms with van der Waals surface area (Å²) >= 11 is 0. The number of hydrogen-bond donors (Lipinski definition) is 3. The van der Waals surface area contributed by atoms with Crippen LogP contribution in [0.25, 0.3) is 0 Å². The lowest BCUT2D eigenvalue weighted by Crippen LogP contribution is -2.47. The van der Waals surface area contributed by atoms with Crippen molar-refractivity contribution in [2.45, 2.75) is 58.9 Å². The summed E-state index contributed by atoms with van der Waals surface area (Å²) in [4.78, 5) is 17.0. The predicted molar refractivity (Wildman–Crippen MR) is 108 cm³/mol. The van der Waals surface area contributed by atoms with Gasteiger partial charge in [-0.3, -0.25) is 9.79 Å². The predicted octanol–water partition coefficient (Wildman–Crippen LogP) is 2.71. The van der Waals surface area contributed by atoms with Crippen LogP contribution >= 0.6 is 0 Å². The van der Waals surface area contributed by atoms with Crippen LogP contribution in [0.4, 0.5) is 0 Å². The van der Waals surface area contributed by atoms with Crippen LogP contribution in [0.1, 0.15) is 52.2 Å². The minimum atomic E-state index is -0.527. The van der Waals surface area contributed by atoms with Crippen LogP contribution < -0.4 is 16.0 Å². The normalized spacial score (nSPS) is 24.9. The second-order valence-electron chi connectivity index (χ2n) is 8.59. The van der Waals surface area contributed by atoms with Crippen molar-refractivity contribution in [1.82, 2.24) is 16.0 Å². The molecule has 1 heterocycles. The van der Waals surface area contributed by atoms with Crippen molar-refractivity contribution in [2.24, 2.45) is 22.2 Å². The third-order valence-corrected chi connectivity index (χ3v) is 5.89. The molecule has 3 unspecified atom stereocenters. The minimum Gasteiger partial charge on any atom is -0.469 e. The molecule has 3 atom stereocenters. The van der Waals surface area contributed by atoms with Crippen molar-refractivity contribution in [3.63, 3.8) is 0 Å². The molecule has 2 fully saturated rings. The van der Waals surface area contributed by atoms with Gasteiger partial charge in [0.1, 0.15) is 5.76 Å². The number of amides is 1. The molecule has 2 bridgehead atoms. The van der Waals surface area contributed by atoms with Gasteiger partial charge in [0.15, 0.2) is 5.96 Å². The van der Waals surface area contributed by atoms with E-state index in [9.17, 15) is 4.79 Å². The lowest BCUT2D eigenvalue weighted by molar-refractivity contribution is -0.128.